The minimum absolute atomic E-state index is 0.0345. The third kappa shape index (κ3) is 3.71. The highest BCUT2D eigenvalue weighted by atomic mass is 16.2. The SMILES string of the molecule is CCCC1(c2ccccc2)NC(=O)N(CC(=O)N(C)C2CCCc3ccccc32)C1=O. The van der Waals surface area contributed by atoms with Crippen LogP contribution in [0.25, 0.3) is 0 Å². The first-order valence-corrected chi connectivity index (χ1v) is 11.0. The first-order chi connectivity index (χ1) is 15.0. The summed E-state index contributed by atoms with van der Waals surface area (Å²) < 4.78 is 0. The molecule has 2 atom stereocenters. The summed E-state index contributed by atoms with van der Waals surface area (Å²) in [7, 11) is 1.77. The summed E-state index contributed by atoms with van der Waals surface area (Å²) >= 11 is 0. The Hall–Kier alpha value is -3.15. The lowest BCUT2D eigenvalue weighted by atomic mass is 9.85. The Morgan fingerprint density at radius 3 is 2.58 bits per heavy atom. The highest BCUT2D eigenvalue weighted by Crippen LogP contribution is 2.35. The summed E-state index contributed by atoms with van der Waals surface area (Å²) in [5.74, 6) is -0.582. The largest absolute Gasteiger partial charge is 0.337 e. The van der Waals surface area contributed by atoms with Gasteiger partial charge in [-0.15, -0.1) is 0 Å². The summed E-state index contributed by atoms with van der Waals surface area (Å²) in [6.45, 7) is 1.73. The maximum absolute atomic E-state index is 13.4. The molecule has 162 valence electrons. The van der Waals surface area contributed by atoms with Gasteiger partial charge in [-0.2, -0.15) is 0 Å². The molecule has 0 aromatic heterocycles. The summed E-state index contributed by atoms with van der Waals surface area (Å²) in [5, 5.41) is 2.89. The van der Waals surface area contributed by atoms with Gasteiger partial charge in [-0.1, -0.05) is 67.9 Å². The van der Waals surface area contributed by atoms with Crippen molar-refractivity contribution < 1.29 is 14.4 Å². The Kier molecular flexibility index (Phi) is 5.81. The van der Waals surface area contributed by atoms with Gasteiger partial charge in [0, 0.05) is 7.05 Å². The van der Waals surface area contributed by atoms with Crippen LogP contribution in [-0.4, -0.2) is 41.2 Å². The molecule has 1 saturated heterocycles. The van der Waals surface area contributed by atoms with Gasteiger partial charge in [0.15, 0.2) is 0 Å². The van der Waals surface area contributed by atoms with E-state index >= 15 is 0 Å². The number of nitrogens with one attached hydrogen (secondary N) is 1. The van der Waals surface area contributed by atoms with Gasteiger partial charge in [-0.05, 0) is 42.4 Å². The molecule has 31 heavy (non-hydrogen) atoms. The van der Waals surface area contributed by atoms with Crippen LogP contribution in [0.15, 0.2) is 54.6 Å². The van der Waals surface area contributed by atoms with Gasteiger partial charge in [0.1, 0.15) is 12.1 Å². The molecular weight excluding hydrogens is 390 g/mol. The van der Waals surface area contributed by atoms with Crippen LogP contribution in [0, 0.1) is 0 Å². The van der Waals surface area contributed by atoms with E-state index in [1.54, 1.807) is 11.9 Å². The normalized spacial score (nSPS) is 22.8. The maximum atomic E-state index is 13.4. The van der Waals surface area contributed by atoms with Crippen molar-refractivity contribution in [1.82, 2.24) is 15.1 Å². The van der Waals surface area contributed by atoms with Crippen molar-refractivity contribution in [2.24, 2.45) is 0 Å². The molecule has 1 aliphatic heterocycles. The molecule has 0 radical (unpaired) electrons. The number of carbonyl (C=O) groups is 3. The van der Waals surface area contributed by atoms with Gasteiger partial charge in [0.25, 0.3) is 5.91 Å². The molecule has 6 heteroatoms. The number of hydrogen-bond donors (Lipinski definition) is 1. The Labute approximate surface area is 183 Å². The fraction of sp³-hybridized carbons (Fsp3) is 0.400. The number of rotatable bonds is 6. The van der Waals surface area contributed by atoms with Crippen molar-refractivity contribution in [3.8, 4) is 0 Å². The van der Waals surface area contributed by atoms with Crippen molar-refractivity contribution in [3.63, 3.8) is 0 Å². The summed E-state index contributed by atoms with van der Waals surface area (Å²) in [4.78, 5) is 42.2. The number of benzene rings is 2. The lowest BCUT2D eigenvalue weighted by Crippen LogP contribution is -2.46. The zero-order valence-corrected chi connectivity index (χ0v) is 18.1. The van der Waals surface area contributed by atoms with Crippen molar-refractivity contribution in [3.05, 3.63) is 71.3 Å². The summed E-state index contributed by atoms with van der Waals surface area (Å²) in [6.07, 6.45) is 4.11. The standard InChI is InChI=1S/C25H29N3O3/c1-3-16-25(19-12-5-4-6-13-19)23(30)28(24(31)26-25)17-22(29)27(2)21-15-9-11-18-10-7-8-14-20(18)21/h4-8,10,12-14,21H,3,9,11,15-17H2,1-2H3,(H,26,31). The van der Waals surface area contributed by atoms with E-state index in [0.717, 1.165) is 41.7 Å². The number of nitrogens with zero attached hydrogens (tertiary/aromatic N) is 2. The number of likely N-dealkylation sites (N-methyl/N-ethyl adjacent to an activating group) is 1. The molecule has 1 N–H and O–H groups in total. The summed E-state index contributed by atoms with van der Waals surface area (Å²) in [6, 6.07) is 16.9. The van der Waals surface area contributed by atoms with Crippen LogP contribution >= 0.6 is 0 Å². The van der Waals surface area contributed by atoms with Crippen LogP contribution in [-0.2, 0) is 21.5 Å². The van der Waals surface area contributed by atoms with Crippen molar-refractivity contribution in [2.45, 2.75) is 50.6 Å². The highest BCUT2D eigenvalue weighted by Gasteiger charge is 2.52. The zero-order valence-electron chi connectivity index (χ0n) is 18.1. The smallest absolute Gasteiger partial charge is 0.325 e. The third-order valence-electron chi connectivity index (χ3n) is 6.56. The average molecular weight is 420 g/mol. The van der Waals surface area contributed by atoms with E-state index in [-0.39, 0.29) is 24.4 Å². The Morgan fingerprint density at radius 1 is 1.13 bits per heavy atom. The molecule has 6 nitrogen and oxygen atoms in total. The second kappa shape index (κ2) is 8.53. The molecule has 2 aliphatic rings. The molecular formula is C25H29N3O3. The monoisotopic (exact) mass is 419 g/mol. The molecule has 1 heterocycles. The van der Waals surface area contributed by atoms with Crippen LogP contribution < -0.4 is 5.32 Å². The van der Waals surface area contributed by atoms with Crippen LogP contribution in [0.3, 0.4) is 0 Å². The first kappa shape index (κ1) is 21.1. The fourth-order valence-corrected chi connectivity index (χ4v) is 4.93. The van der Waals surface area contributed by atoms with Gasteiger partial charge in [0.2, 0.25) is 5.91 Å². The molecule has 0 bridgehead atoms. The number of aryl methyl sites for hydroxylation is 1. The number of urea groups is 1. The molecule has 4 rings (SSSR count). The number of amides is 4. The Balaban J connectivity index is 1.55. The van der Waals surface area contributed by atoms with E-state index in [1.165, 1.54) is 5.56 Å². The fourth-order valence-electron chi connectivity index (χ4n) is 4.93. The van der Waals surface area contributed by atoms with E-state index < -0.39 is 11.6 Å². The second-order valence-corrected chi connectivity index (χ2v) is 8.45. The number of fused-ring (bicyclic) bond motifs is 1. The predicted molar refractivity (Wildman–Crippen MR) is 118 cm³/mol. The predicted octanol–water partition coefficient (Wildman–Crippen LogP) is 3.77. The van der Waals surface area contributed by atoms with Crippen LogP contribution in [0.5, 0.6) is 0 Å². The third-order valence-corrected chi connectivity index (χ3v) is 6.56. The van der Waals surface area contributed by atoms with Gasteiger partial charge in [-0.25, -0.2) is 4.79 Å². The average Bonchev–Trinajstić information content (AvgIpc) is 3.04. The van der Waals surface area contributed by atoms with Crippen molar-refractivity contribution >= 4 is 17.8 Å². The first-order valence-electron chi connectivity index (χ1n) is 11.0. The molecule has 0 spiro atoms. The molecule has 2 aromatic carbocycles. The van der Waals surface area contributed by atoms with E-state index in [0.29, 0.717) is 6.42 Å². The number of carbonyl (C=O) groups excluding carboxylic acids is 3. The maximum Gasteiger partial charge on any atom is 0.325 e. The van der Waals surface area contributed by atoms with Crippen LogP contribution in [0.4, 0.5) is 4.79 Å². The second-order valence-electron chi connectivity index (χ2n) is 8.45. The molecule has 4 amide bonds. The van der Waals surface area contributed by atoms with Gasteiger partial charge in [0.05, 0.1) is 6.04 Å². The number of imide groups is 1. The number of hydrogen-bond acceptors (Lipinski definition) is 3. The van der Waals surface area contributed by atoms with Crippen molar-refractivity contribution in [1.29, 1.82) is 0 Å². The Bertz CT molecular complexity index is 991. The summed E-state index contributed by atoms with van der Waals surface area (Å²) in [5.41, 5.74) is 2.06. The van der Waals surface area contributed by atoms with Gasteiger partial charge in [-0.3, -0.25) is 14.5 Å². The van der Waals surface area contributed by atoms with Crippen LogP contribution in [0.2, 0.25) is 0 Å². The minimum atomic E-state index is -1.11. The molecule has 0 saturated carbocycles. The Morgan fingerprint density at radius 2 is 1.84 bits per heavy atom. The van der Waals surface area contributed by atoms with Gasteiger partial charge < -0.3 is 10.2 Å². The van der Waals surface area contributed by atoms with E-state index in [2.05, 4.69) is 17.4 Å². The topological polar surface area (TPSA) is 69.7 Å². The lowest BCUT2D eigenvalue weighted by molar-refractivity contribution is -0.140. The van der Waals surface area contributed by atoms with E-state index in [9.17, 15) is 14.4 Å². The molecule has 1 aliphatic carbocycles. The molecule has 1 fully saturated rings. The molecule has 2 aromatic rings. The van der Waals surface area contributed by atoms with E-state index in [1.807, 2.05) is 49.4 Å². The van der Waals surface area contributed by atoms with Gasteiger partial charge >= 0.3 is 6.03 Å². The quantitative estimate of drug-likeness (QED) is 0.725. The minimum Gasteiger partial charge on any atom is -0.337 e. The highest BCUT2D eigenvalue weighted by molar-refractivity contribution is 6.09. The lowest BCUT2D eigenvalue weighted by Gasteiger charge is -2.34. The molecule has 2 unspecified atom stereocenters. The van der Waals surface area contributed by atoms with Crippen molar-refractivity contribution in [2.75, 3.05) is 13.6 Å². The van der Waals surface area contributed by atoms with Crippen LogP contribution in [0.1, 0.15) is 55.3 Å². The van der Waals surface area contributed by atoms with E-state index in [4.69, 9.17) is 0 Å². The zero-order chi connectivity index (χ0) is 22.0.